The first-order valence-electron chi connectivity index (χ1n) is 8.83. The molecule has 0 aromatic rings. The maximum atomic E-state index is 11.1. The van der Waals surface area contributed by atoms with Crippen molar-refractivity contribution < 1.29 is 9.53 Å². The topological polar surface area (TPSA) is 66.0 Å². The Morgan fingerprint density at radius 1 is 1.33 bits per heavy atom. The first-order chi connectivity index (χ1) is 11.0. The summed E-state index contributed by atoms with van der Waals surface area (Å²) in [6, 6.07) is 1.02. The van der Waals surface area contributed by atoms with Gasteiger partial charge in [0.2, 0.25) is 0 Å². The number of hydrogen-bond donors (Lipinski definition) is 2. The third kappa shape index (κ3) is 8.50. The number of carbonyl (C=O) groups is 1. The number of halogens is 1. The van der Waals surface area contributed by atoms with E-state index >= 15 is 0 Å². The third-order valence-corrected chi connectivity index (χ3v) is 4.32. The predicted octanol–water partition coefficient (Wildman–Crippen LogP) is 2.23. The molecule has 1 rings (SSSR count). The van der Waals surface area contributed by atoms with Gasteiger partial charge in [-0.1, -0.05) is 6.92 Å². The van der Waals surface area contributed by atoms with Crippen LogP contribution in [-0.4, -0.2) is 62.2 Å². The van der Waals surface area contributed by atoms with E-state index in [0.29, 0.717) is 24.4 Å². The molecular formula is C17H35IN4O2. The lowest BCUT2D eigenvalue weighted by atomic mass is 10.1. The smallest absolute Gasteiger partial charge is 0.305 e. The van der Waals surface area contributed by atoms with E-state index in [2.05, 4.69) is 53.0 Å². The summed E-state index contributed by atoms with van der Waals surface area (Å²) in [4.78, 5) is 18.2. The van der Waals surface area contributed by atoms with Crippen molar-refractivity contribution in [3.05, 3.63) is 0 Å². The largest absolute Gasteiger partial charge is 0.469 e. The zero-order valence-corrected chi connectivity index (χ0v) is 18.1. The van der Waals surface area contributed by atoms with Gasteiger partial charge in [0.15, 0.2) is 5.96 Å². The number of guanidine groups is 1. The van der Waals surface area contributed by atoms with Crippen LogP contribution in [0.4, 0.5) is 0 Å². The van der Waals surface area contributed by atoms with Crippen molar-refractivity contribution in [2.45, 2.75) is 59.0 Å². The van der Waals surface area contributed by atoms with Crippen LogP contribution in [0.25, 0.3) is 0 Å². The van der Waals surface area contributed by atoms with E-state index in [1.165, 1.54) is 7.11 Å². The zero-order chi connectivity index (χ0) is 17.2. The summed E-state index contributed by atoms with van der Waals surface area (Å²) >= 11 is 0. The van der Waals surface area contributed by atoms with E-state index in [1.807, 2.05) is 0 Å². The maximum absolute atomic E-state index is 11.1. The average molecular weight is 454 g/mol. The van der Waals surface area contributed by atoms with Gasteiger partial charge in [-0.05, 0) is 39.5 Å². The molecule has 1 saturated heterocycles. The quantitative estimate of drug-likeness (QED) is 0.194. The van der Waals surface area contributed by atoms with Crippen molar-refractivity contribution in [2.75, 3.05) is 33.3 Å². The molecule has 142 valence electrons. The summed E-state index contributed by atoms with van der Waals surface area (Å²) in [5, 5.41) is 6.88. The Labute approximate surface area is 164 Å². The normalized spacial score (nSPS) is 21.5. The number of esters is 1. The molecular weight excluding hydrogens is 419 g/mol. The number of rotatable bonds is 8. The molecule has 0 amide bonds. The fourth-order valence-electron chi connectivity index (χ4n) is 2.78. The van der Waals surface area contributed by atoms with Gasteiger partial charge in [-0.25, -0.2) is 0 Å². The highest BCUT2D eigenvalue weighted by Crippen LogP contribution is 2.18. The second-order valence-corrected chi connectivity index (χ2v) is 6.57. The van der Waals surface area contributed by atoms with Crippen LogP contribution < -0.4 is 10.6 Å². The SMILES string of the molecule is CCNC(=NCCCCC(=O)OC)NC1CN(C(C)C)CC1C.I. The molecule has 0 saturated carbocycles. The number of ether oxygens (including phenoxy) is 1. The number of aliphatic imine (C=N–C) groups is 1. The van der Waals surface area contributed by atoms with Gasteiger partial charge in [-0.3, -0.25) is 14.7 Å². The molecule has 7 heteroatoms. The highest BCUT2D eigenvalue weighted by Gasteiger charge is 2.31. The number of nitrogens with one attached hydrogen (secondary N) is 2. The van der Waals surface area contributed by atoms with E-state index in [1.54, 1.807) is 0 Å². The lowest BCUT2D eigenvalue weighted by molar-refractivity contribution is -0.140. The van der Waals surface area contributed by atoms with Crippen LogP contribution >= 0.6 is 24.0 Å². The van der Waals surface area contributed by atoms with Crippen LogP contribution in [0.5, 0.6) is 0 Å². The van der Waals surface area contributed by atoms with Gasteiger partial charge in [0, 0.05) is 44.7 Å². The van der Waals surface area contributed by atoms with Crippen LogP contribution in [0.1, 0.15) is 47.0 Å². The van der Waals surface area contributed by atoms with Crippen molar-refractivity contribution in [3.8, 4) is 0 Å². The molecule has 0 spiro atoms. The molecule has 1 aliphatic heterocycles. The average Bonchev–Trinajstić information content (AvgIpc) is 2.88. The number of carbonyl (C=O) groups excluding carboxylic acids is 1. The predicted molar refractivity (Wildman–Crippen MR) is 110 cm³/mol. The molecule has 0 radical (unpaired) electrons. The Morgan fingerprint density at radius 3 is 2.58 bits per heavy atom. The Hall–Kier alpha value is -0.570. The lowest BCUT2D eigenvalue weighted by Crippen LogP contribution is -2.46. The first-order valence-corrected chi connectivity index (χ1v) is 8.83. The number of hydrogen-bond acceptors (Lipinski definition) is 4. The molecule has 2 unspecified atom stereocenters. The highest BCUT2D eigenvalue weighted by atomic mass is 127. The first kappa shape index (κ1) is 23.4. The maximum Gasteiger partial charge on any atom is 0.305 e. The molecule has 1 heterocycles. The van der Waals surface area contributed by atoms with Gasteiger partial charge in [-0.15, -0.1) is 24.0 Å². The van der Waals surface area contributed by atoms with Crippen LogP contribution in [-0.2, 0) is 9.53 Å². The Balaban J connectivity index is 0.00000529. The van der Waals surface area contributed by atoms with Crippen molar-refractivity contribution in [1.29, 1.82) is 0 Å². The molecule has 0 aliphatic carbocycles. The van der Waals surface area contributed by atoms with Crippen LogP contribution in [0.3, 0.4) is 0 Å². The summed E-state index contributed by atoms with van der Waals surface area (Å²) in [5.74, 6) is 1.35. The molecule has 1 fully saturated rings. The van der Waals surface area contributed by atoms with E-state index in [-0.39, 0.29) is 29.9 Å². The summed E-state index contributed by atoms with van der Waals surface area (Å²) in [6.07, 6.45) is 2.18. The molecule has 6 nitrogen and oxygen atoms in total. The fraction of sp³-hybridized carbons (Fsp3) is 0.882. The van der Waals surface area contributed by atoms with Crippen molar-refractivity contribution in [2.24, 2.45) is 10.9 Å². The molecule has 24 heavy (non-hydrogen) atoms. The van der Waals surface area contributed by atoms with Gasteiger partial charge < -0.3 is 15.4 Å². The summed E-state index contributed by atoms with van der Waals surface area (Å²) in [5.41, 5.74) is 0. The molecule has 2 N–H and O–H groups in total. The Kier molecular flexibility index (Phi) is 12.4. The van der Waals surface area contributed by atoms with E-state index in [9.17, 15) is 4.79 Å². The van der Waals surface area contributed by atoms with Crippen LogP contribution in [0.2, 0.25) is 0 Å². The Bertz CT molecular complexity index is 391. The van der Waals surface area contributed by atoms with Gasteiger partial charge in [0.05, 0.1) is 7.11 Å². The minimum absolute atomic E-state index is 0. The van der Waals surface area contributed by atoms with Crippen molar-refractivity contribution in [3.63, 3.8) is 0 Å². The second kappa shape index (κ2) is 12.7. The third-order valence-electron chi connectivity index (χ3n) is 4.32. The van der Waals surface area contributed by atoms with E-state index < -0.39 is 0 Å². The second-order valence-electron chi connectivity index (χ2n) is 6.57. The molecule has 0 bridgehead atoms. The monoisotopic (exact) mass is 454 g/mol. The number of likely N-dealkylation sites (tertiary alicyclic amines) is 1. The standard InChI is InChI=1S/C17H34N4O2.HI/c1-6-18-17(19-10-8-7-9-16(22)23-5)20-15-12-21(13(2)3)11-14(15)4;/h13-15H,6-12H2,1-5H3,(H2,18,19,20);1H. The van der Waals surface area contributed by atoms with Crippen LogP contribution in [0.15, 0.2) is 4.99 Å². The Morgan fingerprint density at radius 2 is 2.04 bits per heavy atom. The molecule has 0 aromatic carbocycles. The van der Waals surface area contributed by atoms with Crippen LogP contribution in [0, 0.1) is 5.92 Å². The minimum atomic E-state index is -0.146. The zero-order valence-electron chi connectivity index (χ0n) is 15.8. The molecule has 0 aromatic heterocycles. The molecule has 2 atom stereocenters. The summed E-state index contributed by atoms with van der Waals surface area (Å²) in [6.45, 7) is 12.6. The number of nitrogens with zero attached hydrogens (tertiary/aromatic N) is 2. The van der Waals surface area contributed by atoms with E-state index in [4.69, 9.17) is 0 Å². The minimum Gasteiger partial charge on any atom is -0.469 e. The summed E-state index contributed by atoms with van der Waals surface area (Å²) in [7, 11) is 1.43. The molecule has 1 aliphatic rings. The van der Waals surface area contributed by atoms with Crippen molar-refractivity contribution in [1.82, 2.24) is 15.5 Å². The number of methoxy groups -OCH3 is 1. The fourth-order valence-corrected chi connectivity index (χ4v) is 2.78. The number of unbranched alkanes of at least 4 members (excludes halogenated alkanes) is 1. The van der Waals surface area contributed by atoms with Gasteiger partial charge >= 0.3 is 5.97 Å². The lowest BCUT2D eigenvalue weighted by Gasteiger charge is -2.21. The van der Waals surface area contributed by atoms with Gasteiger partial charge in [-0.2, -0.15) is 0 Å². The summed E-state index contributed by atoms with van der Waals surface area (Å²) < 4.78 is 4.64. The van der Waals surface area contributed by atoms with E-state index in [0.717, 1.165) is 45.0 Å². The van der Waals surface area contributed by atoms with Crippen molar-refractivity contribution >= 4 is 35.9 Å². The van der Waals surface area contributed by atoms with Gasteiger partial charge in [0.25, 0.3) is 0 Å². The van der Waals surface area contributed by atoms with Gasteiger partial charge in [0.1, 0.15) is 0 Å². The highest BCUT2D eigenvalue weighted by molar-refractivity contribution is 14.0.